The number of piperidine rings is 1. The Bertz CT molecular complexity index is 1400. The third kappa shape index (κ3) is 1.82. The molecule has 3 aromatic rings. The summed E-state index contributed by atoms with van der Waals surface area (Å²) in [6, 6.07) is 13.6. The SMILES string of the molecule is CC1NC2N(C1=O)c1ccccc1C21CC2C(=O)NC1c1nc3ccccc3c(=O)n12. The molecule has 5 aliphatic rings. The van der Waals surface area contributed by atoms with Crippen molar-refractivity contribution in [2.75, 3.05) is 4.90 Å². The van der Waals surface area contributed by atoms with E-state index in [1.165, 1.54) is 0 Å². The first-order chi connectivity index (χ1) is 15.0. The van der Waals surface area contributed by atoms with Gasteiger partial charge in [-0.1, -0.05) is 30.3 Å². The lowest BCUT2D eigenvalue weighted by Gasteiger charge is -2.52. The van der Waals surface area contributed by atoms with E-state index in [4.69, 9.17) is 4.98 Å². The number of anilines is 1. The van der Waals surface area contributed by atoms with Crippen LogP contribution in [0.2, 0.25) is 0 Å². The minimum Gasteiger partial charge on any atom is -0.343 e. The van der Waals surface area contributed by atoms with Crippen molar-refractivity contribution in [1.82, 2.24) is 20.2 Å². The highest BCUT2D eigenvalue weighted by Gasteiger charge is 2.67. The first-order valence-electron chi connectivity index (χ1n) is 10.5. The van der Waals surface area contributed by atoms with Crippen molar-refractivity contribution in [3.8, 4) is 0 Å². The van der Waals surface area contributed by atoms with Gasteiger partial charge in [-0.15, -0.1) is 0 Å². The summed E-state index contributed by atoms with van der Waals surface area (Å²) in [5.41, 5.74) is 1.70. The summed E-state index contributed by atoms with van der Waals surface area (Å²) in [5.74, 6) is 0.409. The largest absolute Gasteiger partial charge is 0.343 e. The number of para-hydroxylation sites is 2. The Balaban J connectivity index is 1.54. The first kappa shape index (κ1) is 17.2. The smallest absolute Gasteiger partial charge is 0.262 e. The molecule has 2 fully saturated rings. The normalized spacial score (nSPS) is 32.4. The number of hydrogen-bond acceptors (Lipinski definition) is 5. The highest BCUT2D eigenvalue weighted by molar-refractivity contribution is 6.03. The van der Waals surface area contributed by atoms with E-state index >= 15 is 0 Å². The van der Waals surface area contributed by atoms with Crippen LogP contribution in [0.3, 0.4) is 0 Å². The van der Waals surface area contributed by atoms with Crippen molar-refractivity contribution < 1.29 is 9.59 Å². The van der Waals surface area contributed by atoms with Crippen molar-refractivity contribution in [2.24, 2.45) is 0 Å². The van der Waals surface area contributed by atoms with Crippen LogP contribution >= 0.6 is 0 Å². The lowest BCUT2D eigenvalue weighted by Crippen LogP contribution is -2.66. The number of nitrogens with one attached hydrogen (secondary N) is 2. The Morgan fingerprint density at radius 2 is 1.84 bits per heavy atom. The van der Waals surface area contributed by atoms with Crippen LogP contribution in [-0.2, 0) is 15.0 Å². The van der Waals surface area contributed by atoms with E-state index in [1.807, 2.05) is 54.3 Å². The number of hydrogen-bond donors (Lipinski definition) is 2. The van der Waals surface area contributed by atoms with Gasteiger partial charge in [0.25, 0.3) is 5.56 Å². The van der Waals surface area contributed by atoms with Gasteiger partial charge in [0.15, 0.2) is 0 Å². The molecule has 6 heterocycles. The van der Waals surface area contributed by atoms with Crippen molar-refractivity contribution in [2.45, 2.75) is 43.1 Å². The van der Waals surface area contributed by atoms with Crippen LogP contribution in [0.5, 0.6) is 0 Å². The molecule has 5 atom stereocenters. The zero-order valence-electron chi connectivity index (χ0n) is 16.7. The second kappa shape index (κ2) is 5.39. The maximum atomic E-state index is 13.4. The molecule has 8 heteroatoms. The molecule has 8 nitrogen and oxygen atoms in total. The summed E-state index contributed by atoms with van der Waals surface area (Å²) in [6.45, 7) is 1.86. The van der Waals surface area contributed by atoms with E-state index in [1.54, 1.807) is 10.6 Å². The summed E-state index contributed by atoms with van der Waals surface area (Å²) >= 11 is 0. The summed E-state index contributed by atoms with van der Waals surface area (Å²) in [6.07, 6.45) is 0.124. The van der Waals surface area contributed by atoms with Crippen molar-refractivity contribution in [3.63, 3.8) is 0 Å². The van der Waals surface area contributed by atoms with Crippen LogP contribution in [-0.4, -0.2) is 33.6 Å². The van der Waals surface area contributed by atoms with Crippen LogP contribution in [0.25, 0.3) is 10.9 Å². The van der Waals surface area contributed by atoms with Gasteiger partial charge < -0.3 is 5.32 Å². The van der Waals surface area contributed by atoms with E-state index in [-0.39, 0.29) is 29.6 Å². The monoisotopic (exact) mass is 413 g/mol. The molecule has 8 rings (SSSR count). The fraction of sp³-hybridized carbons (Fsp3) is 0.304. The molecule has 0 radical (unpaired) electrons. The number of fused-ring (bicyclic) bond motifs is 5. The molecular weight excluding hydrogens is 394 g/mol. The van der Waals surface area contributed by atoms with E-state index in [0.717, 1.165) is 11.3 Å². The van der Waals surface area contributed by atoms with E-state index < -0.39 is 17.5 Å². The van der Waals surface area contributed by atoms with Gasteiger partial charge in [0.05, 0.1) is 22.4 Å². The maximum Gasteiger partial charge on any atom is 0.262 e. The number of amides is 2. The predicted octanol–water partition coefficient (Wildman–Crippen LogP) is 1.11. The number of aromatic nitrogens is 2. The van der Waals surface area contributed by atoms with Gasteiger partial charge in [-0.05, 0) is 37.1 Å². The van der Waals surface area contributed by atoms with Gasteiger partial charge >= 0.3 is 0 Å². The van der Waals surface area contributed by atoms with Crippen LogP contribution in [0, 0.1) is 0 Å². The molecule has 154 valence electrons. The van der Waals surface area contributed by atoms with E-state index in [0.29, 0.717) is 23.1 Å². The average Bonchev–Trinajstić information content (AvgIpc) is 3.22. The summed E-state index contributed by atoms with van der Waals surface area (Å²) in [7, 11) is 0. The molecule has 31 heavy (non-hydrogen) atoms. The second-order valence-electron chi connectivity index (χ2n) is 8.88. The third-order valence-corrected chi connectivity index (χ3v) is 7.47. The minimum atomic E-state index is -0.676. The third-order valence-electron chi connectivity index (χ3n) is 7.47. The van der Waals surface area contributed by atoms with Gasteiger partial charge in [0.2, 0.25) is 11.8 Å². The van der Waals surface area contributed by atoms with E-state index in [9.17, 15) is 14.4 Å². The number of carbonyl (C=O) groups is 2. The molecule has 2 aromatic carbocycles. The van der Waals surface area contributed by atoms with Crippen molar-refractivity contribution in [1.29, 1.82) is 0 Å². The van der Waals surface area contributed by atoms with Crippen molar-refractivity contribution in [3.05, 3.63) is 70.3 Å². The molecule has 5 unspecified atom stereocenters. The fourth-order valence-corrected chi connectivity index (χ4v) is 6.18. The van der Waals surface area contributed by atoms with Gasteiger partial charge in [-0.3, -0.25) is 29.2 Å². The summed E-state index contributed by atoms with van der Waals surface area (Å²) < 4.78 is 1.57. The molecule has 0 saturated carbocycles. The zero-order chi connectivity index (χ0) is 21.1. The van der Waals surface area contributed by atoms with Gasteiger partial charge in [-0.2, -0.15) is 0 Å². The Kier molecular flexibility index (Phi) is 2.99. The van der Waals surface area contributed by atoms with Crippen LogP contribution < -0.4 is 21.1 Å². The van der Waals surface area contributed by atoms with Crippen molar-refractivity contribution >= 4 is 28.4 Å². The highest BCUT2D eigenvalue weighted by Crippen LogP contribution is 2.59. The zero-order valence-corrected chi connectivity index (χ0v) is 16.7. The standard InChI is InChI=1S/C23H19N5O3/c1-11-20(30)28-15-9-5-3-7-13(15)23(22(28)24-11)10-16-19(29)26-17(23)18-25-14-8-4-2-6-12(14)21(31)27(16)18/h2-9,11,16-17,22,24H,10H2,1H3,(H,26,29). The van der Waals surface area contributed by atoms with Crippen LogP contribution in [0.15, 0.2) is 53.3 Å². The molecule has 2 saturated heterocycles. The molecule has 1 aromatic heterocycles. The van der Waals surface area contributed by atoms with Crippen LogP contribution in [0.4, 0.5) is 5.69 Å². The molecule has 2 amide bonds. The molecule has 2 bridgehead atoms. The highest BCUT2D eigenvalue weighted by atomic mass is 16.2. The average molecular weight is 413 g/mol. The molecule has 1 spiro atoms. The number of nitrogens with zero attached hydrogens (tertiary/aromatic N) is 3. The number of benzene rings is 2. The second-order valence-corrected chi connectivity index (χ2v) is 8.88. The predicted molar refractivity (Wildman–Crippen MR) is 113 cm³/mol. The first-order valence-corrected chi connectivity index (χ1v) is 10.5. The molecular formula is C23H19N5O3. The molecule has 5 aliphatic heterocycles. The number of carbonyl (C=O) groups excluding carboxylic acids is 2. The topological polar surface area (TPSA) is 96.3 Å². The Morgan fingerprint density at radius 3 is 2.71 bits per heavy atom. The van der Waals surface area contributed by atoms with E-state index in [2.05, 4.69) is 10.6 Å². The Morgan fingerprint density at radius 1 is 1.06 bits per heavy atom. The van der Waals surface area contributed by atoms with Gasteiger partial charge in [0, 0.05) is 5.69 Å². The van der Waals surface area contributed by atoms with Gasteiger partial charge in [-0.25, -0.2) is 4.98 Å². The number of rotatable bonds is 0. The lowest BCUT2D eigenvalue weighted by atomic mass is 9.64. The maximum absolute atomic E-state index is 13.4. The van der Waals surface area contributed by atoms with Crippen LogP contribution in [0.1, 0.15) is 36.8 Å². The summed E-state index contributed by atoms with van der Waals surface area (Å²) in [5, 5.41) is 7.12. The Labute approximate surface area is 176 Å². The Hall–Kier alpha value is -3.52. The van der Waals surface area contributed by atoms with Gasteiger partial charge in [0.1, 0.15) is 24.1 Å². The molecule has 0 aliphatic carbocycles. The fourth-order valence-electron chi connectivity index (χ4n) is 6.18. The summed E-state index contributed by atoms with van der Waals surface area (Å²) in [4.78, 5) is 46.0. The quantitative estimate of drug-likeness (QED) is 0.576. The lowest BCUT2D eigenvalue weighted by molar-refractivity contribution is -0.132. The minimum absolute atomic E-state index is 0.0194. The molecule has 2 N–H and O–H groups in total.